The molecule has 8 unspecified atom stereocenters. The number of rotatable bonds is 6. The Kier molecular flexibility index (Phi) is 17.1. The Balaban J connectivity index is 0.000000909. The van der Waals surface area contributed by atoms with Crippen LogP contribution in [-0.2, 0) is 22.1 Å². The maximum absolute atomic E-state index is 13.5. The molecule has 8 atom stereocenters. The summed E-state index contributed by atoms with van der Waals surface area (Å²) >= 11 is 4.64. The lowest BCUT2D eigenvalue weighted by atomic mass is 9.66. The zero-order chi connectivity index (χ0) is 39.3. The number of halogens is 1. The number of aryl methyl sites for hydroxylation is 1. The monoisotopic (exact) mass is 796 g/mol. The smallest absolute Gasteiger partial charge is 0.263 e. The molecule has 3 fully saturated rings. The van der Waals surface area contributed by atoms with Gasteiger partial charge in [0.05, 0.1) is 37.4 Å². The fourth-order valence-corrected chi connectivity index (χ4v) is 9.84. The third kappa shape index (κ3) is 11.2. The number of morpholine rings is 1. The molecular weight excluding hydrogens is 732 g/mol. The molecule has 2 aromatic carbocycles. The molecular formula is C44H65ClN4O5S. The van der Waals surface area contributed by atoms with Crippen molar-refractivity contribution in [1.82, 2.24) is 14.5 Å². The molecule has 9 nitrogen and oxygen atoms in total. The molecule has 7 rings (SSSR count). The van der Waals surface area contributed by atoms with E-state index >= 15 is 0 Å². The molecule has 4 heterocycles. The van der Waals surface area contributed by atoms with Crippen molar-refractivity contribution >= 4 is 34.2 Å². The van der Waals surface area contributed by atoms with Crippen LogP contribution < -0.4 is 14.4 Å². The average molecular weight is 798 g/mol. The van der Waals surface area contributed by atoms with Crippen molar-refractivity contribution in [2.75, 3.05) is 83.5 Å². The first kappa shape index (κ1) is 43.4. The van der Waals surface area contributed by atoms with E-state index in [2.05, 4.69) is 87.9 Å². The molecule has 55 heavy (non-hydrogen) atoms. The minimum absolute atomic E-state index is 0.0833. The van der Waals surface area contributed by atoms with E-state index in [4.69, 9.17) is 14.6 Å². The summed E-state index contributed by atoms with van der Waals surface area (Å²) in [6, 6.07) is 15.1. The molecule has 0 radical (unpaired) electrons. The minimum Gasteiger partial charge on any atom is -0.491 e. The predicted octanol–water partition coefficient (Wildman–Crippen LogP) is 6.68. The van der Waals surface area contributed by atoms with Gasteiger partial charge in [-0.05, 0) is 85.6 Å². The van der Waals surface area contributed by atoms with Gasteiger partial charge in [0.25, 0.3) is 5.91 Å². The van der Waals surface area contributed by atoms with Crippen LogP contribution in [0.2, 0.25) is 0 Å². The first-order chi connectivity index (χ1) is 26.8. The lowest BCUT2D eigenvalue weighted by Gasteiger charge is -2.48. The summed E-state index contributed by atoms with van der Waals surface area (Å²) in [5.41, 5.74) is 4.29. The first-order valence-electron chi connectivity index (χ1n) is 20.4. The molecule has 2 aromatic rings. The second kappa shape index (κ2) is 21.7. The number of benzene rings is 2. The summed E-state index contributed by atoms with van der Waals surface area (Å²) in [6.07, 6.45) is 13.2. The van der Waals surface area contributed by atoms with Crippen LogP contribution in [0.3, 0.4) is 0 Å². The molecule has 2 bridgehead atoms. The third-order valence-corrected chi connectivity index (χ3v) is 13.8. The van der Waals surface area contributed by atoms with Crippen LogP contribution in [0.15, 0.2) is 67.3 Å². The minimum atomic E-state index is -1.49. The van der Waals surface area contributed by atoms with Crippen molar-refractivity contribution in [3.63, 3.8) is 0 Å². The summed E-state index contributed by atoms with van der Waals surface area (Å²) in [5.74, 6) is 2.55. The molecule has 11 heteroatoms. The highest BCUT2D eigenvalue weighted by Gasteiger charge is 2.40. The Morgan fingerprint density at radius 1 is 1.05 bits per heavy atom. The fourth-order valence-electron chi connectivity index (χ4n) is 8.82. The van der Waals surface area contributed by atoms with E-state index in [0.29, 0.717) is 36.0 Å². The highest BCUT2D eigenvalue weighted by Crippen LogP contribution is 2.44. The van der Waals surface area contributed by atoms with Crippen LogP contribution in [0.4, 0.5) is 5.69 Å². The number of piperazine rings is 1. The zero-order valence-corrected chi connectivity index (χ0v) is 35.1. The van der Waals surface area contributed by atoms with Crippen molar-refractivity contribution in [3.05, 3.63) is 84.0 Å². The molecule has 1 saturated carbocycles. The summed E-state index contributed by atoms with van der Waals surface area (Å²) in [7, 11) is -1.49. The number of fused-ring (bicyclic) bond motifs is 3. The van der Waals surface area contributed by atoms with Crippen molar-refractivity contribution in [2.45, 2.75) is 70.1 Å². The van der Waals surface area contributed by atoms with E-state index in [-0.39, 0.29) is 29.6 Å². The van der Waals surface area contributed by atoms with Gasteiger partial charge in [-0.1, -0.05) is 62.8 Å². The van der Waals surface area contributed by atoms with Crippen molar-refractivity contribution in [1.29, 1.82) is 0 Å². The Morgan fingerprint density at radius 2 is 1.85 bits per heavy atom. The van der Waals surface area contributed by atoms with E-state index in [1.807, 2.05) is 25.1 Å². The van der Waals surface area contributed by atoms with Gasteiger partial charge in [-0.25, -0.2) is 4.21 Å². The number of alkyl halides is 1. The molecule has 2 N–H and O–H groups in total. The second-order valence-electron chi connectivity index (χ2n) is 15.8. The highest BCUT2D eigenvalue weighted by molar-refractivity contribution is 7.84. The van der Waals surface area contributed by atoms with Gasteiger partial charge in [-0.15, -0.1) is 18.2 Å². The number of carbonyl (C=O) groups excluding carboxylic acids is 1. The summed E-state index contributed by atoms with van der Waals surface area (Å²) < 4.78 is 28.7. The van der Waals surface area contributed by atoms with Gasteiger partial charge in [-0.2, -0.15) is 0 Å². The SMILES string of the molecule is C=CCO.CCCc1ccccc1C1COc2ccc3cc2N(C1)CC1CCC1C(CN1CCN2CCOCC2C1)/C=C/CC(C)C(C)S(=O)NC3=O.CCl. The second-order valence-corrected chi connectivity index (χ2v) is 17.3. The van der Waals surface area contributed by atoms with Crippen LogP contribution in [-0.4, -0.2) is 115 Å². The predicted molar refractivity (Wildman–Crippen MR) is 227 cm³/mol. The number of nitrogens with one attached hydrogen (secondary N) is 1. The fraction of sp³-hybridized carbons (Fsp3) is 0.614. The number of ether oxygens (including phenoxy) is 2. The Labute approximate surface area is 338 Å². The first-order valence-corrected chi connectivity index (χ1v) is 22.4. The van der Waals surface area contributed by atoms with Crippen LogP contribution in [0.25, 0.3) is 0 Å². The van der Waals surface area contributed by atoms with E-state index < -0.39 is 11.0 Å². The molecule has 4 aliphatic heterocycles. The van der Waals surface area contributed by atoms with Crippen molar-refractivity contribution in [2.24, 2.45) is 23.7 Å². The van der Waals surface area contributed by atoms with Crippen LogP contribution >= 0.6 is 11.6 Å². The number of anilines is 1. The molecule has 1 aliphatic carbocycles. The molecule has 1 amide bonds. The van der Waals surface area contributed by atoms with Crippen molar-refractivity contribution < 1.29 is 23.6 Å². The normalized spacial score (nSPS) is 30.5. The molecule has 0 aromatic heterocycles. The Morgan fingerprint density at radius 3 is 2.60 bits per heavy atom. The number of aliphatic hydroxyl groups is 1. The summed E-state index contributed by atoms with van der Waals surface area (Å²) in [6.45, 7) is 19.2. The standard InChI is InChI=1S/C40H56N4O4S.C3H6O.CH3Cl/c1-4-8-30-10-5-6-12-36(30)34-24-44-23-33-13-15-37(33)32(22-42-17-18-43-19-20-47-27-35(43)25-42)11-7-9-28(2)29(3)49(46)41-40(45)31-14-16-39(48-26-34)38(44)21-31;1-2-3-4;1-2/h5-7,10-12,14,16,21,28-29,32-35,37H,4,8-9,13,15,17-20,22-27H2,1-3H3,(H,41,45);2,4H,1,3H2;1H3/b11-7+;;. The van der Waals surface area contributed by atoms with Crippen molar-refractivity contribution in [3.8, 4) is 5.75 Å². The highest BCUT2D eigenvalue weighted by atomic mass is 35.5. The lowest BCUT2D eigenvalue weighted by molar-refractivity contribution is -0.0492. The van der Waals surface area contributed by atoms with E-state index in [0.717, 1.165) is 89.7 Å². The summed E-state index contributed by atoms with van der Waals surface area (Å²) in [4.78, 5) is 21.3. The maximum atomic E-state index is 13.5. The van der Waals surface area contributed by atoms with Gasteiger partial charge >= 0.3 is 0 Å². The summed E-state index contributed by atoms with van der Waals surface area (Å²) in [5, 5.41) is 7.59. The van der Waals surface area contributed by atoms with Gasteiger partial charge in [-0.3, -0.25) is 19.3 Å². The Bertz CT molecular complexity index is 1590. The van der Waals surface area contributed by atoms with Crippen LogP contribution in [0.1, 0.15) is 73.9 Å². The number of nitrogens with zero attached hydrogens (tertiary/aromatic N) is 3. The van der Waals surface area contributed by atoms with E-state index in [1.165, 1.54) is 36.4 Å². The number of carbonyl (C=O) groups is 1. The molecule has 2 saturated heterocycles. The third-order valence-electron chi connectivity index (χ3n) is 12.3. The van der Waals surface area contributed by atoms with Gasteiger partial charge in [0, 0.05) is 69.7 Å². The lowest BCUT2D eigenvalue weighted by Crippen LogP contribution is -2.59. The zero-order valence-electron chi connectivity index (χ0n) is 33.5. The Hall–Kier alpha value is -2.73. The molecule has 0 spiro atoms. The van der Waals surface area contributed by atoms with Gasteiger partial charge in [0.1, 0.15) is 16.7 Å². The number of allylic oxidation sites excluding steroid dienone is 1. The van der Waals surface area contributed by atoms with Crippen LogP contribution in [0, 0.1) is 23.7 Å². The van der Waals surface area contributed by atoms with Gasteiger partial charge in [0.15, 0.2) is 0 Å². The number of aliphatic hydroxyl groups excluding tert-OH is 1. The number of hydrogen-bond donors (Lipinski definition) is 2. The molecule has 5 aliphatic rings. The van der Waals surface area contributed by atoms with Gasteiger partial charge in [0.2, 0.25) is 0 Å². The number of hydrogen-bond acceptors (Lipinski definition) is 8. The average Bonchev–Trinajstić information content (AvgIpc) is 3.38. The van der Waals surface area contributed by atoms with E-state index in [9.17, 15) is 9.00 Å². The largest absolute Gasteiger partial charge is 0.491 e. The van der Waals surface area contributed by atoms with E-state index in [1.54, 1.807) is 0 Å². The van der Waals surface area contributed by atoms with Crippen LogP contribution in [0.5, 0.6) is 5.75 Å². The topological polar surface area (TPSA) is 94.6 Å². The maximum Gasteiger partial charge on any atom is 0.263 e. The molecule has 304 valence electrons. The van der Waals surface area contributed by atoms with Gasteiger partial charge < -0.3 is 19.5 Å². The number of amides is 1. The quantitative estimate of drug-likeness (QED) is 0.247.